The van der Waals surface area contributed by atoms with Crippen LogP contribution in [0.25, 0.3) is 87.5 Å². The molecule has 0 saturated carbocycles. The largest absolute Gasteiger partial charge is 0.227 e. The second kappa shape index (κ2) is 11.7. The van der Waals surface area contributed by atoms with Crippen molar-refractivity contribution >= 4 is 31.6 Å². The summed E-state index contributed by atoms with van der Waals surface area (Å²) in [6.07, 6.45) is 0. The van der Waals surface area contributed by atoms with E-state index in [9.17, 15) is 0 Å². The molecule has 0 spiro atoms. The lowest BCUT2D eigenvalue weighted by Gasteiger charge is -2.24. The third-order valence-corrected chi connectivity index (χ3v) is 13.4. The van der Waals surface area contributed by atoms with Gasteiger partial charge in [0.2, 0.25) is 0 Å². The number of hydrogen-bond donors (Lipinski definition) is 0. The first-order valence-corrected chi connectivity index (χ1v) is 20.0. The first kappa shape index (κ1) is 32.3. The molecule has 2 aliphatic rings. The van der Waals surface area contributed by atoms with E-state index in [0.717, 1.165) is 32.9 Å². The maximum atomic E-state index is 5.21. The number of benzene rings is 7. The first-order chi connectivity index (χ1) is 26.8. The van der Waals surface area contributed by atoms with Crippen molar-refractivity contribution in [3.05, 3.63) is 180 Å². The SMILES string of the molecule is CC1(C)c2ccccc2-c2cc3c(cc21)-c1cc(-c2cccc(-c4ccc(-c5nc(-c6ccccc6)c6c(n5)sc5ccccc56)cc4)c2)ccc1C3(C)C. The van der Waals surface area contributed by atoms with Crippen LogP contribution in [0, 0.1) is 0 Å². The fourth-order valence-corrected chi connectivity index (χ4v) is 10.4. The van der Waals surface area contributed by atoms with E-state index in [1.54, 1.807) is 11.3 Å². The molecule has 0 radical (unpaired) electrons. The maximum absolute atomic E-state index is 5.21. The Morgan fingerprint density at radius 2 is 0.964 bits per heavy atom. The zero-order valence-corrected chi connectivity index (χ0v) is 32.1. The highest BCUT2D eigenvalue weighted by Crippen LogP contribution is 2.56. The lowest BCUT2D eigenvalue weighted by atomic mass is 9.79. The van der Waals surface area contributed by atoms with E-state index in [1.807, 2.05) is 0 Å². The monoisotopic (exact) mass is 722 g/mol. The lowest BCUT2D eigenvalue weighted by molar-refractivity contribution is 0.652. The molecule has 262 valence electrons. The van der Waals surface area contributed by atoms with Crippen LogP contribution in [0.4, 0.5) is 0 Å². The molecule has 3 heteroatoms. The molecule has 55 heavy (non-hydrogen) atoms. The number of rotatable bonds is 4. The molecule has 0 unspecified atom stereocenters. The standard InChI is InChI=1S/C52H38N2S/c1-51(2)42-19-10-8-17-37(42)40-29-45-41(30-44(40)51)39-28-36(25-26-43(39)52(45,3)4)35-16-12-15-34(27-35)31-21-23-33(24-22-31)49-53-48(32-13-6-5-7-14-32)47-38-18-9-11-20-46(38)55-50(47)54-49/h5-30H,1-4H3. The molecular formula is C52H38N2S. The van der Waals surface area contributed by atoms with Crippen LogP contribution in [0.15, 0.2) is 158 Å². The number of thiophene rings is 1. The molecule has 2 aliphatic carbocycles. The van der Waals surface area contributed by atoms with E-state index < -0.39 is 0 Å². The van der Waals surface area contributed by atoms with Crippen molar-refractivity contribution < 1.29 is 0 Å². The van der Waals surface area contributed by atoms with Gasteiger partial charge in [-0.1, -0.05) is 155 Å². The van der Waals surface area contributed by atoms with E-state index in [1.165, 1.54) is 76.8 Å². The summed E-state index contributed by atoms with van der Waals surface area (Å²) in [7, 11) is 0. The van der Waals surface area contributed by atoms with Crippen LogP contribution in [0.3, 0.4) is 0 Å². The maximum Gasteiger partial charge on any atom is 0.161 e. The van der Waals surface area contributed by atoms with Crippen molar-refractivity contribution in [2.75, 3.05) is 0 Å². The van der Waals surface area contributed by atoms with Crippen LogP contribution in [0.1, 0.15) is 49.9 Å². The highest BCUT2D eigenvalue weighted by molar-refractivity contribution is 7.25. The van der Waals surface area contributed by atoms with Gasteiger partial charge in [0.1, 0.15) is 4.83 Å². The third-order valence-electron chi connectivity index (χ3n) is 12.3. The molecule has 0 bridgehead atoms. The van der Waals surface area contributed by atoms with E-state index >= 15 is 0 Å². The lowest BCUT2D eigenvalue weighted by Crippen LogP contribution is -2.16. The predicted octanol–water partition coefficient (Wildman–Crippen LogP) is 14.1. The van der Waals surface area contributed by atoms with Crippen molar-refractivity contribution in [1.29, 1.82) is 0 Å². The molecule has 2 nitrogen and oxygen atoms in total. The quantitative estimate of drug-likeness (QED) is 0.181. The van der Waals surface area contributed by atoms with Crippen molar-refractivity contribution in [3.8, 4) is 67.2 Å². The summed E-state index contributed by atoms with van der Waals surface area (Å²) in [6, 6.07) is 57.8. The van der Waals surface area contributed by atoms with Crippen molar-refractivity contribution in [2.45, 2.75) is 38.5 Å². The summed E-state index contributed by atoms with van der Waals surface area (Å²) in [6.45, 7) is 9.51. The van der Waals surface area contributed by atoms with Gasteiger partial charge in [-0.05, 0) is 97.1 Å². The Labute approximate surface area is 325 Å². The van der Waals surface area contributed by atoms with E-state index in [0.29, 0.717) is 0 Å². The van der Waals surface area contributed by atoms with Gasteiger partial charge < -0.3 is 0 Å². The van der Waals surface area contributed by atoms with Crippen LogP contribution in [-0.4, -0.2) is 9.97 Å². The van der Waals surface area contributed by atoms with E-state index in [-0.39, 0.29) is 10.8 Å². The fraction of sp³-hybridized carbons (Fsp3) is 0.115. The minimum absolute atomic E-state index is 0.0307. The number of aromatic nitrogens is 2. The highest BCUT2D eigenvalue weighted by atomic mass is 32.1. The first-order valence-electron chi connectivity index (χ1n) is 19.2. The average Bonchev–Trinajstić information content (AvgIpc) is 3.79. The number of hydrogen-bond acceptors (Lipinski definition) is 3. The molecule has 11 rings (SSSR count). The Kier molecular flexibility index (Phi) is 6.85. The predicted molar refractivity (Wildman–Crippen MR) is 232 cm³/mol. The Hall–Kier alpha value is -6.16. The van der Waals surface area contributed by atoms with E-state index in [4.69, 9.17) is 9.97 Å². The van der Waals surface area contributed by atoms with Crippen LogP contribution in [0.2, 0.25) is 0 Å². The third kappa shape index (κ3) is 4.79. The van der Waals surface area contributed by atoms with Gasteiger partial charge in [-0.25, -0.2) is 9.97 Å². The molecule has 7 aromatic carbocycles. The normalized spacial score (nSPS) is 14.5. The zero-order valence-electron chi connectivity index (χ0n) is 31.3. The second-order valence-corrected chi connectivity index (χ2v) is 17.2. The summed E-state index contributed by atoms with van der Waals surface area (Å²) in [4.78, 5) is 11.3. The van der Waals surface area contributed by atoms with Crippen LogP contribution < -0.4 is 0 Å². The summed E-state index contributed by atoms with van der Waals surface area (Å²) >= 11 is 1.73. The Morgan fingerprint density at radius 3 is 1.75 bits per heavy atom. The summed E-state index contributed by atoms with van der Waals surface area (Å²) in [5.74, 6) is 0.748. The van der Waals surface area contributed by atoms with Gasteiger partial charge in [-0.2, -0.15) is 0 Å². The van der Waals surface area contributed by atoms with Gasteiger partial charge in [0.05, 0.1) is 5.69 Å². The molecule has 0 atom stereocenters. The minimum atomic E-state index is -0.0728. The molecule has 2 aromatic heterocycles. The Morgan fingerprint density at radius 1 is 0.400 bits per heavy atom. The fourth-order valence-electron chi connectivity index (χ4n) is 9.37. The van der Waals surface area contributed by atoms with Crippen molar-refractivity contribution in [3.63, 3.8) is 0 Å². The summed E-state index contributed by atoms with van der Waals surface area (Å²) < 4.78 is 1.23. The Bertz CT molecular complexity index is 3020. The van der Waals surface area contributed by atoms with Gasteiger partial charge >= 0.3 is 0 Å². The molecule has 9 aromatic rings. The highest BCUT2D eigenvalue weighted by Gasteiger charge is 2.41. The van der Waals surface area contributed by atoms with Gasteiger partial charge in [0.15, 0.2) is 5.82 Å². The number of fused-ring (bicyclic) bond motifs is 9. The van der Waals surface area contributed by atoms with E-state index in [2.05, 4.69) is 185 Å². The van der Waals surface area contributed by atoms with Gasteiger partial charge in [0, 0.05) is 37.4 Å². The zero-order chi connectivity index (χ0) is 37.1. The topological polar surface area (TPSA) is 25.8 Å². The minimum Gasteiger partial charge on any atom is -0.227 e. The van der Waals surface area contributed by atoms with Gasteiger partial charge in [0.25, 0.3) is 0 Å². The van der Waals surface area contributed by atoms with Crippen LogP contribution in [-0.2, 0) is 10.8 Å². The Balaban J connectivity index is 0.954. The molecule has 2 heterocycles. The molecule has 0 aliphatic heterocycles. The smallest absolute Gasteiger partial charge is 0.161 e. The number of nitrogens with zero attached hydrogens (tertiary/aromatic N) is 2. The molecule has 0 saturated heterocycles. The van der Waals surface area contributed by atoms with Crippen molar-refractivity contribution in [2.24, 2.45) is 0 Å². The molecular weight excluding hydrogens is 685 g/mol. The van der Waals surface area contributed by atoms with Gasteiger partial charge in [-0.15, -0.1) is 11.3 Å². The molecule has 0 amide bonds. The van der Waals surface area contributed by atoms with Gasteiger partial charge in [-0.3, -0.25) is 0 Å². The molecule has 0 fully saturated rings. The summed E-state index contributed by atoms with van der Waals surface area (Å²) in [5.41, 5.74) is 19.0. The van der Waals surface area contributed by atoms with Crippen molar-refractivity contribution in [1.82, 2.24) is 9.97 Å². The molecule has 0 N–H and O–H groups in total. The summed E-state index contributed by atoms with van der Waals surface area (Å²) in [5, 5.41) is 2.33. The van der Waals surface area contributed by atoms with Crippen LogP contribution in [0.5, 0.6) is 0 Å². The average molecular weight is 723 g/mol. The second-order valence-electron chi connectivity index (χ2n) is 16.2. The van der Waals surface area contributed by atoms with Crippen LogP contribution >= 0.6 is 11.3 Å².